The van der Waals surface area contributed by atoms with Gasteiger partial charge in [-0.3, -0.25) is 14.4 Å². The molecule has 0 aliphatic heterocycles. The summed E-state index contributed by atoms with van der Waals surface area (Å²) in [5.74, 6) is -1.19. The Bertz CT molecular complexity index is 923. The van der Waals surface area contributed by atoms with Crippen LogP contribution in [0.25, 0.3) is 11.0 Å². The third kappa shape index (κ3) is 4.54. The fourth-order valence-electron chi connectivity index (χ4n) is 3.33. The molecule has 1 heterocycles. The van der Waals surface area contributed by atoms with Crippen molar-refractivity contribution in [2.45, 2.75) is 38.6 Å². The molecule has 1 aromatic heterocycles. The normalized spacial score (nSPS) is 19.4. The molecule has 0 bridgehead atoms. The van der Waals surface area contributed by atoms with Crippen LogP contribution in [-0.4, -0.2) is 35.4 Å². The summed E-state index contributed by atoms with van der Waals surface area (Å²) in [5, 5.41) is 12.7. The minimum absolute atomic E-state index is 0.0877. The molecular formula is C20H23ClN2O5. The highest BCUT2D eigenvalue weighted by Crippen LogP contribution is 2.42. The lowest BCUT2D eigenvalue weighted by Gasteiger charge is -2.07. The Morgan fingerprint density at radius 1 is 1.29 bits per heavy atom. The third-order valence-corrected chi connectivity index (χ3v) is 5.28. The van der Waals surface area contributed by atoms with Crippen LogP contribution < -0.4 is 11.1 Å². The van der Waals surface area contributed by atoms with Gasteiger partial charge in [0.25, 0.3) is 0 Å². The zero-order valence-electron chi connectivity index (χ0n) is 15.5. The Morgan fingerprint density at radius 2 is 2.04 bits per heavy atom. The molecule has 1 aliphatic rings. The van der Waals surface area contributed by atoms with Gasteiger partial charge in [0.1, 0.15) is 11.8 Å². The number of nitrogens with two attached hydrogens (primary N) is 1. The van der Waals surface area contributed by atoms with Gasteiger partial charge in [0, 0.05) is 29.3 Å². The van der Waals surface area contributed by atoms with E-state index in [1.807, 2.05) is 13.0 Å². The number of hydrogen-bond donors (Lipinski definition) is 3. The van der Waals surface area contributed by atoms with E-state index >= 15 is 0 Å². The van der Waals surface area contributed by atoms with Crippen LogP contribution in [0.4, 0.5) is 0 Å². The number of fused-ring (bicyclic) bond motifs is 1. The maximum atomic E-state index is 12.7. The Kier molecular flexibility index (Phi) is 6.05. The number of Topliss-reactive ketones (excluding diaryl/α,β-unsaturated/α-hetero) is 1. The molecule has 28 heavy (non-hydrogen) atoms. The number of ketones is 1. The SMILES string of the molecule is Cc1cc2cc(C(=O)[C@H]3C[C@@H]3C(=O)NCCCC[C@H](N)C(=O)O)cc(Cl)c2o1. The molecule has 1 fully saturated rings. The maximum Gasteiger partial charge on any atom is 0.320 e. The fraction of sp³-hybridized carbons (Fsp3) is 0.450. The van der Waals surface area contributed by atoms with Gasteiger partial charge in [0.05, 0.1) is 5.02 Å². The monoisotopic (exact) mass is 406 g/mol. The summed E-state index contributed by atoms with van der Waals surface area (Å²) in [6, 6.07) is 4.29. The van der Waals surface area contributed by atoms with Crippen LogP contribution in [0.15, 0.2) is 22.6 Å². The standard InChI is InChI=1S/C20H23ClN2O5/c1-10-6-12-7-11(8-15(21)18(12)28-10)17(24)13-9-14(13)19(25)23-5-3-2-4-16(22)20(26)27/h6-8,13-14,16H,2-5,9,22H2,1H3,(H,23,25)(H,26,27)/t13-,14-,16-/m0/s1. The van der Waals surface area contributed by atoms with Gasteiger partial charge >= 0.3 is 5.97 Å². The van der Waals surface area contributed by atoms with Crippen molar-refractivity contribution in [2.24, 2.45) is 17.6 Å². The van der Waals surface area contributed by atoms with Crippen molar-refractivity contribution in [3.8, 4) is 0 Å². The number of carbonyl (C=O) groups excluding carboxylic acids is 2. The Balaban J connectivity index is 1.49. The van der Waals surface area contributed by atoms with Crippen LogP contribution in [-0.2, 0) is 9.59 Å². The molecule has 3 atom stereocenters. The second-order valence-corrected chi connectivity index (χ2v) is 7.69. The average molecular weight is 407 g/mol. The summed E-state index contributed by atoms with van der Waals surface area (Å²) < 4.78 is 5.51. The van der Waals surface area contributed by atoms with E-state index in [4.69, 9.17) is 26.9 Å². The summed E-state index contributed by atoms with van der Waals surface area (Å²) in [5.41, 5.74) is 6.48. The summed E-state index contributed by atoms with van der Waals surface area (Å²) in [7, 11) is 0. The van der Waals surface area contributed by atoms with Crippen molar-refractivity contribution < 1.29 is 23.9 Å². The van der Waals surface area contributed by atoms with E-state index in [1.165, 1.54) is 0 Å². The number of nitrogens with one attached hydrogen (secondary N) is 1. The lowest BCUT2D eigenvalue weighted by atomic mass is 10.0. The van der Waals surface area contributed by atoms with Crippen LogP contribution in [0.5, 0.6) is 0 Å². The van der Waals surface area contributed by atoms with Crippen molar-refractivity contribution in [3.05, 3.63) is 34.5 Å². The van der Waals surface area contributed by atoms with Gasteiger partial charge in [-0.2, -0.15) is 0 Å². The molecule has 0 unspecified atom stereocenters. The molecule has 3 rings (SSSR count). The van der Waals surface area contributed by atoms with E-state index in [0.717, 1.165) is 11.1 Å². The first-order valence-corrected chi connectivity index (χ1v) is 9.65. The first-order valence-electron chi connectivity index (χ1n) is 9.28. The van der Waals surface area contributed by atoms with Crippen molar-refractivity contribution in [1.29, 1.82) is 0 Å². The van der Waals surface area contributed by atoms with E-state index < -0.39 is 12.0 Å². The van der Waals surface area contributed by atoms with Gasteiger partial charge in [-0.25, -0.2) is 0 Å². The molecule has 0 spiro atoms. The van der Waals surface area contributed by atoms with Gasteiger partial charge in [0.2, 0.25) is 5.91 Å². The number of carboxylic acids is 1. The molecule has 1 amide bonds. The largest absolute Gasteiger partial charge is 0.480 e. The first kappa shape index (κ1) is 20.4. The number of halogens is 1. The molecule has 4 N–H and O–H groups in total. The number of amides is 1. The fourth-order valence-corrected chi connectivity index (χ4v) is 3.59. The minimum Gasteiger partial charge on any atom is -0.480 e. The van der Waals surface area contributed by atoms with Crippen LogP contribution in [0, 0.1) is 18.8 Å². The molecule has 0 radical (unpaired) electrons. The van der Waals surface area contributed by atoms with E-state index in [1.54, 1.807) is 12.1 Å². The minimum atomic E-state index is -1.02. The van der Waals surface area contributed by atoms with Crippen LogP contribution in [0.1, 0.15) is 41.8 Å². The quantitative estimate of drug-likeness (QED) is 0.434. The highest BCUT2D eigenvalue weighted by atomic mass is 35.5. The van der Waals surface area contributed by atoms with Gasteiger partial charge in [-0.15, -0.1) is 0 Å². The van der Waals surface area contributed by atoms with Crippen molar-refractivity contribution in [2.75, 3.05) is 6.54 Å². The van der Waals surface area contributed by atoms with Gasteiger partial charge < -0.3 is 20.6 Å². The number of furan rings is 1. The van der Waals surface area contributed by atoms with Crippen molar-refractivity contribution >= 4 is 40.2 Å². The number of carboxylic acid groups (broad SMARTS) is 1. The molecular weight excluding hydrogens is 384 g/mol. The summed E-state index contributed by atoms with van der Waals surface area (Å²) in [4.78, 5) is 35.6. The lowest BCUT2D eigenvalue weighted by molar-refractivity contribution is -0.138. The molecule has 0 saturated heterocycles. The second kappa shape index (κ2) is 8.32. The molecule has 1 aliphatic carbocycles. The van der Waals surface area contributed by atoms with Gasteiger partial charge in [-0.05, 0) is 50.8 Å². The van der Waals surface area contributed by atoms with E-state index in [2.05, 4.69) is 5.32 Å². The van der Waals surface area contributed by atoms with E-state index in [9.17, 15) is 14.4 Å². The first-order chi connectivity index (χ1) is 13.3. The van der Waals surface area contributed by atoms with Crippen molar-refractivity contribution in [1.82, 2.24) is 5.32 Å². The molecule has 2 aromatic rings. The molecule has 150 valence electrons. The maximum absolute atomic E-state index is 12.7. The number of hydrogen-bond acceptors (Lipinski definition) is 5. The number of rotatable bonds is 9. The topological polar surface area (TPSA) is 123 Å². The average Bonchev–Trinajstić information content (AvgIpc) is 3.35. The predicted molar refractivity (Wildman–Crippen MR) is 104 cm³/mol. The molecule has 1 saturated carbocycles. The number of aryl methyl sites for hydroxylation is 1. The van der Waals surface area contributed by atoms with Crippen LogP contribution in [0.3, 0.4) is 0 Å². The Morgan fingerprint density at radius 3 is 2.75 bits per heavy atom. The summed E-state index contributed by atoms with van der Waals surface area (Å²) in [6.45, 7) is 2.25. The predicted octanol–water partition coefficient (Wildman–Crippen LogP) is 2.91. The molecule has 1 aromatic carbocycles. The van der Waals surface area contributed by atoms with Gasteiger partial charge in [-0.1, -0.05) is 11.6 Å². The zero-order valence-corrected chi connectivity index (χ0v) is 16.3. The Hall–Kier alpha value is -2.38. The summed E-state index contributed by atoms with van der Waals surface area (Å²) >= 11 is 6.21. The molecule has 7 nitrogen and oxygen atoms in total. The van der Waals surface area contributed by atoms with E-state index in [-0.39, 0.29) is 23.5 Å². The summed E-state index contributed by atoms with van der Waals surface area (Å²) in [6.07, 6.45) is 2.15. The molecule has 8 heteroatoms. The number of aliphatic carboxylic acids is 1. The van der Waals surface area contributed by atoms with Crippen LogP contribution >= 0.6 is 11.6 Å². The zero-order chi connectivity index (χ0) is 20.4. The van der Waals surface area contributed by atoms with Crippen molar-refractivity contribution in [3.63, 3.8) is 0 Å². The lowest BCUT2D eigenvalue weighted by Crippen LogP contribution is -2.30. The smallest absolute Gasteiger partial charge is 0.320 e. The second-order valence-electron chi connectivity index (χ2n) is 7.28. The Labute approximate surface area is 167 Å². The van der Waals surface area contributed by atoms with Gasteiger partial charge in [0.15, 0.2) is 11.4 Å². The number of benzene rings is 1. The van der Waals surface area contributed by atoms with Crippen LogP contribution in [0.2, 0.25) is 5.02 Å². The third-order valence-electron chi connectivity index (χ3n) is 5.00. The highest BCUT2D eigenvalue weighted by molar-refractivity contribution is 6.35. The number of unbranched alkanes of at least 4 members (excludes halogenated alkanes) is 1. The van der Waals surface area contributed by atoms with E-state index in [0.29, 0.717) is 48.4 Å². The number of carbonyl (C=O) groups is 3. The highest BCUT2D eigenvalue weighted by Gasteiger charge is 2.48.